The molecule has 3 N–H and O–H groups in total. The summed E-state index contributed by atoms with van der Waals surface area (Å²) in [7, 11) is 0. The van der Waals surface area contributed by atoms with Gasteiger partial charge in [0.05, 0.1) is 19.2 Å². The third-order valence-corrected chi connectivity index (χ3v) is 2.94. The zero-order valence-corrected chi connectivity index (χ0v) is 11.2. The van der Waals surface area contributed by atoms with Gasteiger partial charge >= 0.3 is 0 Å². The van der Waals surface area contributed by atoms with Crippen molar-refractivity contribution in [3.05, 3.63) is 35.9 Å². The molecule has 0 unspecified atom stereocenters. The van der Waals surface area contributed by atoms with E-state index in [-0.39, 0.29) is 13.2 Å². The summed E-state index contributed by atoms with van der Waals surface area (Å²) in [6.07, 6.45) is -1.64. The molecule has 0 aliphatic heterocycles. The number of amides is 1. The number of halogens is 2. The van der Waals surface area contributed by atoms with Crippen LogP contribution in [-0.4, -0.2) is 48.1 Å². The van der Waals surface area contributed by atoms with E-state index in [4.69, 9.17) is 10.8 Å². The van der Waals surface area contributed by atoms with Crippen LogP contribution in [0.5, 0.6) is 0 Å². The Balaban J connectivity index is 2.51. The Bertz CT molecular complexity index is 401. The predicted octanol–water partition coefficient (Wildman–Crippen LogP) is 1.03. The van der Waals surface area contributed by atoms with Crippen molar-refractivity contribution in [2.24, 2.45) is 5.73 Å². The molecule has 0 aromatic heterocycles. The van der Waals surface area contributed by atoms with Crippen LogP contribution in [0.4, 0.5) is 8.78 Å². The first-order valence-electron chi connectivity index (χ1n) is 6.52. The molecule has 0 bridgehead atoms. The molecule has 0 heterocycles. The molecule has 0 aliphatic rings. The number of carbonyl (C=O) groups excluding carboxylic acids is 1. The van der Waals surface area contributed by atoms with E-state index in [0.717, 1.165) is 10.5 Å². The average Bonchev–Trinajstić information content (AvgIpc) is 2.44. The van der Waals surface area contributed by atoms with Gasteiger partial charge in [-0.2, -0.15) is 0 Å². The lowest BCUT2D eigenvalue weighted by molar-refractivity contribution is -0.135. The number of nitrogens with two attached hydrogens (primary N) is 1. The molecule has 1 aromatic carbocycles. The fourth-order valence-electron chi connectivity index (χ4n) is 1.90. The number of aliphatic hydroxyl groups is 1. The minimum Gasteiger partial charge on any atom is -0.395 e. The third-order valence-electron chi connectivity index (χ3n) is 2.94. The van der Waals surface area contributed by atoms with E-state index in [1.807, 2.05) is 30.3 Å². The molecule has 1 amide bonds. The minimum atomic E-state index is -2.63. The van der Waals surface area contributed by atoms with Crippen molar-refractivity contribution in [3.63, 3.8) is 0 Å². The van der Waals surface area contributed by atoms with Crippen LogP contribution in [0.3, 0.4) is 0 Å². The van der Waals surface area contributed by atoms with Gasteiger partial charge in [-0.05, 0) is 18.4 Å². The fraction of sp³-hybridized carbons (Fsp3) is 0.500. The van der Waals surface area contributed by atoms with Crippen LogP contribution in [0.2, 0.25) is 0 Å². The summed E-state index contributed by atoms with van der Waals surface area (Å²) in [5.41, 5.74) is 6.79. The SMILES string of the molecule is N[C@@H](CCc1ccccc1)C(=O)N(CCO)CC(F)F. The van der Waals surface area contributed by atoms with Gasteiger partial charge in [0.2, 0.25) is 5.91 Å². The van der Waals surface area contributed by atoms with Gasteiger partial charge in [0.1, 0.15) is 0 Å². The first-order chi connectivity index (χ1) is 9.54. The zero-order valence-electron chi connectivity index (χ0n) is 11.2. The Morgan fingerprint density at radius 1 is 1.30 bits per heavy atom. The van der Waals surface area contributed by atoms with Crippen molar-refractivity contribution in [3.8, 4) is 0 Å². The van der Waals surface area contributed by atoms with Crippen molar-refractivity contribution < 1.29 is 18.7 Å². The lowest BCUT2D eigenvalue weighted by Crippen LogP contribution is -2.47. The fourth-order valence-corrected chi connectivity index (χ4v) is 1.90. The Morgan fingerprint density at radius 2 is 1.95 bits per heavy atom. The van der Waals surface area contributed by atoms with Gasteiger partial charge in [-0.15, -0.1) is 0 Å². The maximum atomic E-state index is 12.4. The monoisotopic (exact) mass is 286 g/mol. The van der Waals surface area contributed by atoms with Crippen LogP contribution < -0.4 is 5.73 Å². The second-order valence-electron chi connectivity index (χ2n) is 4.53. The number of benzene rings is 1. The van der Waals surface area contributed by atoms with Gasteiger partial charge in [-0.3, -0.25) is 4.79 Å². The highest BCUT2D eigenvalue weighted by Gasteiger charge is 2.23. The topological polar surface area (TPSA) is 66.6 Å². The Labute approximate surface area is 117 Å². The Hall–Kier alpha value is -1.53. The van der Waals surface area contributed by atoms with Crippen LogP contribution in [0.15, 0.2) is 30.3 Å². The Morgan fingerprint density at radius 3 is 2.50 bits per heavy atom. The molecule has 1 rings (SSSR count). The second kappa shape index (κ2) is 8.60. The summed E-state index contributed by atoms with van der Waals surface area (Å²) >= 11 is 0. The van der Waals surface area contributed by atoms with E-state index in [0.29, 0.717) is 12.8 Å². The van der Waals surface area contributed by atoms with Crippen LogP contribution in [-0.2, 0) is 11.2 Å². The average molecular weight is 286 g/mol. The number of hydrogen-bond donors (Lipinski definition) is 2. The first-order valence-corrected chi connectivity index (χ1v) is 6.52. The molecule has 0 radical (unpaired) electrons. The quantitative estimate of drug-likeness (QED) is 0.750. The molecule has 1 aromatic rings. The van der Waals surface area contributed by atoms with E-state index in [9.17, 15) is 13.6 Å². The van der Waals surface area contributed by atoms with Gasteiger partial charge in [-0.1, -0.05) is 30.3 Å². The molecule has 4 nitrogen and oxygen atoms in total. The van der Waals surface area contributed by atoms with Gasteiger partial charge in [0.15, 0.2) is 0 Å². The summed E-state index contributed by atoms with van der Waals surface area (Å²) in [4.78, 5) is 12.9. The van der Waals surface area contributed by atoms with Crippen LogP contribution in [0, 0.1) is 0 Å². The molecule has 0 saturated heterocycles. The van der Waals surface area contributed by atoms with Crippen molar-refractivity contribution in [1.82, 2.24) is 4.90 Å². The molecule has 20 heavy (non-hydrogen) atoms. The van der Waals surface area contributed by atoms with Crippen molar-refractivity contribution >= 4 is 5.91 Å². The number of hydrogen-bond acceptors (Lipinski definition) is 3. The number of carbonyl (C=O) groups is 1. The third kappa shape index (κ3) is 5.63. The predicted molar refractivity (Wildman–Crippen MR) is 72.4 cm³/mol. The highest BCUT2D eigenvalue weighted by molar-refractivity contribution is 5.81. The van der Waals surface area contributed by atoms with Crippen molar-refractivity contribution in [1.29, 1.82) is 0 Å². The van der Waals surface area contributed by atoms with E-state index in [1.54, 1.807) is 0 Å². The summed E-state index contributed by atoms with van der Waals surface area (Å²) in [5.74, 6) is -0.546. The van der Waals surface area contributed by atoms with Crippen LogP contribution in [0.25, 0.3) is 0 Å². The van der Waals surface area contributed by atoms with E-state index in [2.05, 4.69) is 0 Å². The molecular weight excluding hydrogens is 266 g/mol. The van der Waals surface area contributed by atoms with Crippen LogP contribution in [0.1, 0.15) is 12.0 Å². The lowest BCUT2D eigenvalue weighted by Gasteiger charge is -2.24. The first kappa shape index (κ1) is 16.5. The molecular formula is C14H20F2N2O2. The number of alkyl halides is 2. The zero-order chi connectivity index (χ0) is 15.0. The smallest absolute Gasteiger partial charge is 0.255 e. The van der Waals surface area contributed by atoms with Crippen LogP contribution >= 0.6 is 0 Å². The summed E-state index contributed by atoms with van der Waals surface area (Å²) in [6.45, 7) is -1.18. The highest BCUT2D eigenvalue weighted by Crippen LogP contribution is 2.07. The molecule has 0 spiro atoms. The number of aryl methyl sites for hydroxylation is 1. The maximum Gasteiger partial charge on any atom is 0.255 e. The van der Waals surface area contributed by atoms with Gasteiger partial charge in [0.25, 0.3) is 6.43 Å². The number of aliphatic hydroxyl groups excluding tert-OH is 1. The van der Waals surface area contributed by atoms with Gasteiger partial charge in [0, 0.05) is 6.54 Å². The summed E-state index contributed by atoms with van der Waals surface area (Å²) in [6, 6.07) is 8.67. The van der Waals surface area contributed by atoms with Crippen molar-refractivity contribution in [2.45, 2.75) is 25.3 Å². The maximum absolute atomic E-state index is 12.4. The van der Waals surface area contributed by atoms with Gasteiger partial charge < -0.3 is 15.7 Å². The van der Waals surface area contributed by atoms with E-state index < -0.39 is 24.9 Å². The summed E-state index contributed by atoms with van der Waals surface area (Å²) in [5, 5.41) is 8.81. The summed E-state index contributed by atoms with van der Waals surface area (Å²) < 4.78 is 24.7. The van der Waals surface area contributed by atoms with Crippen molar-refractivity contribution in [2.75, 3.05) is 19.7 Å². The standard InChI is InChI=1S/C14H20F2N2O2/c15-13(16)10-18(8-9-19)14(20)12(17)7-6-11-4-2-1-3-5-11/h1-5,12-13,19H,6-10,17H2/t12-/m0/s1. The lowest BCUT2D eigenvalue weighted by atomic mass is 10.0. The Kier molecular flexibility index (Phi) is 7.11. The largest absolute Gasteiger partial charge is 0.395 e. The number of nitrogens with zero attached hydrogens (tertiary/aromatic N) is 1. The highest BCUT2D eigenvalue weighted by atomic mass is 19.3. The molecule has 112 valence electrons. The molecule has 6 heteroatoms. The molecule has 0 fully saturated rings. The van der Waals surface area contributed by atoms with E-state index >= 15 is 0 Å². The minimum absolute atomic E-state index is 0.123. The second-order valence-corrected chi connectivity index (χ2v) is 4.53. The normalized spacial score (nSPS) is 12.4. The number of rotatable bonds is 8. The molecule has 0 aliphatic carbocycles. The van der Waals surface area contributed by atoms with E-state index in [1.165, 1.54) is 0 Å². The molecule has 0 saturated carbocycles. The molecule has 1 atom stereocenters. The van der Waals surface area contributed by atoms with Gasteiger partial charge in [-0.25, -0.2) is 8.78 Å².